The molecular weight excluding hydrogens is 483 g/mol. The quantitative estimate of drug-likeness (QED) is 0.215. The number of rotatable bonds is 5. The molecule has 10 nitrogen and oxygen atoms in total. The summed E-state index contributed by atoms with van der Waals surface area (Å²) in [6, 6.07) is 6.57. The Labute approximate surface area is 194 Å². The smallest absolute Gasteiger partial charge is 0.420 e. The van der Waals surface area contributed by atoms with Gasteiger partial charge in [0, 0.05) is 11.8 Å². The maximum atomic E-state index is 13.6. The van der Waals surface area contributed by atoms with E-state index in [4.69, 9.17) is 21.1 Å². The largest absolute Gasteiger partial charge is 0.480 e. The summed E-state index contributed by atoms with van der Waals surface area (Å²) < 4.78 is 50.8. The topological polar surface area (TPSA) is 129 Å². The fourth-order valence-corrected chi connectivity index (χ4v) is 2.74. The van der Waals surface area contributed by atoms with Crippen molar-refractivity contribution in [3.63, 3.8) is 0 Å². The Kier molecular flexibility index (Phi) is 7.26. The summed E-state index contributed by atoms with van der Waals surface area (Å²) in [5.41, 5.74) is -1.96. The maximum absolute atomic E-state index is 13.6. The van der Waals surface area contributed by atoms with Crippen LogP contribution in [-0.2, 0) is 10.9 Å². The summed E-state index contributed by atoms with van der Waals surface area (Å²) in [5.74, 6) is -1.02. The number of carbonyl (C=O) groups excluding carboxylic acids is 1. The average molecular weight is 496 g/mol. The van der Waals surface area contributed by atoms with E-state index >= 15 is 0 Å². The molecule has 176 valence electrons. The molecule has 0 aliphatic rings. The van der Waals surface area contributed by atoms with Gasteiger partial charge in [-0.3, -0.25) is 10.1 Å². The molecule has 0 unspecified atom stereocenters. The van der Waals surface area contributed by atoms with Gasteiger partial charge in [-0.25, -0.2) is 14.8 Å². The lowest BCUT2D eigenvalue weighted by Crippen LogP contribution is -2.15. The number of nitro groups is 1. The van der Waals surface area contributed by atoms with Crippen molar-refractivity contribution in [2.24, 2.45) is 4.99 Å². The Balaban J connectivity index is 1.88. The van der Waals surface area contributed by atoms with Gasteiger partial charge < -0.3 is 14.8 Å². The van der Waals surface area contributed by atoms with Crippen molar-refractivity contribution >= 4 is 34.9 Å². The Morgan fingerprint density at radius 3 is 2.47 bits per heavy atom. The van der Waals surface area contributed by atoms with Gasteiger partial charge in [-0.15, -0.1) is 0 Å². The standard InChI is InChI=1S/C20H13ClF3N5O5/c1-33-17(13-4-2-3-5-15(13)29(31)32)28-18(30)27-12-6-7-16(14(8-12)20(22,23)24)34-19-25-9-11(21)10-26-19/h2-10H,1H3,(H,27,30)/b28-17+. The van der Waals surface area contributed by atoms with Gasteiger partial charge in [-0.05, 0) is 24.3 Å². The van der Waals surface area contributed by atoms with E-state index in [9.17, 15) is 28.1 Å². The number of halogens is 4. The number of aromatic nitrogens is 2. The van der Waals surface area contributed by atoms with Crippen molar-refractivity contribution in [1.29, 1.82) is 0 Å². The van der Waals surface area contributed by atoms with Gasteiger partial charge in [-0.2, -0.15) is 18.2 Å². The second-order valence-corrected chi connectivity index (χ2v) is 6.76. The number of methoxy groups -OCH3 is 1. The summed E-state index contributed by atoms with van der Waals surface area (Å²) in [4.78, 5) is 33.7. The van der Waals surface area contributed by atoms with Gasteiger partial charge in [0.1, 0.15) is 16.9 Å². The van der Waals surface area contributed by atoms with Crippen LogP contribution < -0.4 is 10.1 Å². The normalized spacial score (nSPS) is 11.6. The number of nitrogens with zero attached hydrogens (tertiary/aromatic N) is 4. The number of aliphatic imine (C=N–C) groups is 1. The molecule has 0 saturated heterocycles. The molecule has 2 aromatic carbocycles. The Morgan fingerprint density at radius 2 is 1.85 bits per heavy atom. The average Bonchev–Trinajstić information content (AvgIpc) is 2.79. The molecule has 0 atom stereocenters. The first-order valence-corrected chi connectivity index (χ1v) is 9.50. The monoisotopic (exact) mass is 495 g/mol. The summed E-state index contributed by atoms with van der Waals surface area (Å²) in [7, 11) is 1.13. The minimum absolute atomic E-state index is 0.0900. The van der Waals surface area contributed by atoms with Gasteiger partial charge >= 0.3 is 18.2 Å². The minimum atomic E-state index is -4.85. The fourth-order valence-electron chi connectivity index (χ4n) is 2.64. The fraction of sp³-hybridized carbons (Fsp3) is 0.100. The molecule has 1 heterocycles. The predicted molar refractivity (Wildman–Crippen MR) is 114 cm³/mol. The molecule has 3 rings (SSSR count). The number of carbonyl (C=O) groups is 1. The van der Waals surface area contributed by atoms with Crippen LogP contribution in [0.25, 0.3) is 0 Å². The van der Waals surface area contributed by atoms with Crippen LogP contribution in [0, 0.1) is 10.1 Å². The van der Waals surface area contributed by atoms with Crippen molar-refractivity contribution < 1.29 is 32.4 Å². The van der Waals surface area contributed by atoms with E-state index in [1.807, 2.05) is 0 Å². The van der Waals surface area contributed by atoms with Gasteiger partial charge in [0.2, 0.25) is 5.90 Å². The molecule has 0 spiro atoms. The zero-order chi connectivity index (χ0) is 24.9. The molecule has 0 aliphatic heterocycles. The highest BCUT2D eigenvalue weighted by atomic mass is 35.5. The highest BCUT2D eigenvalue weighted by Crippen LogP contribution is 2.39. The molecule has 14 heteroatoms. The molecule has 0 bridgehead atoms. The molecular formula is C20H13ClF3N5O5. The number of nitro benzene ring substituents is 1. The molecule has 3 aromatic rings. The Morgan fingerprint density at radius 1 is 1.18 bits per heavy atom. The number of urea groups is 1. The molecule has 0 aliphatic carbocycles. The third-order valence-corrected chi connectivity index (χ3v) is 4.26. The van der Waals surface area contributed by atoms with E-state index in [0.29, 0.717) is 6.07 Å². The minimum Gasteiger partial charge on any atom is -0.480 e. The van der Waals surface area contributed by atoms with Crippen LogP contribution in [0.2, 0.25) is 5.02 Å². The molecule has 0 fully saturated rings. The van der Waals surface area contributed by atoms with E-state index in [0.717, 1.165) is 31.6 Å². The second kappa shape index (κ2) is 10.1. The Bertz CT molecular complexity index is 1250. The lowest BCUT2D eigenvalue weighted by molar-refractivity contribution is -0.385. The number of anilines is 1. The van der Waals surface area contributed by atoms with Gasteiger partial charge in [0.25, 0.3) is 5.69 Å². The number of hydrogen-bond donors (Lipinski definition) is 1. The van der Waals surface area contributed by atoms with E-state index in [1.165, 1.54) is 24.3 Å². The summed E-state index contributed by atoms with van der Waals surface area (Å²) in [5, 5.41) is 13.5. The van der Waals surface area contributed by atoms with Crippen molar-refractivity contribution in [3.05, 3.63) is 81.1 Å². The number of alkyl halides is 3. The maximum Gasteiger partial charge on any atom is 0.420 e. The molecule has 34 heavy (non-hydrogen) atoms. The summed E-state index contributed by atoms with van der Waals surface area (Å²) >= 11 is 5.64. The van der Waals surface area contributed by atoms with E-state index in [1.54, 1.807) is 0 Å². The zero-order valence-corrected chi connectivity index (χ0v) is 17.8. The SMILES string of the molecule is CO/C(=N/C(=O)Nc1ccc(Oc2ncc(Cl)cn2)c(C(F)(F)F)c1)c1ccccc1[N+](=O)[O-]. The summed E-state index contributed by atoms with van der Waals surface area (Å²) in [6.07, 6.45) is -2.56. The second-order valence-electron chi connectivity index (χ2n) is 6.32. The van der Waals surface area contributed by atoms with Crippen LogP contribution in [0.15, 0.2) is 59.9 Å². The third-order valence-electron chi connectivity index (χ3n) is 4.06. The van der Waals surface area contributed by atoms with Gasteiger partial charge in [-0.1, -0.05) is 23.7 Å². The number of para-hydroxylation sites is 1. The first-order chi connectivity index (χ1) is 16.1. The van der Waals surface area contributed by atoms with Gasteiger partial charge in [0.05, 0.1) is 29.4 Å². The third kappa shape index (κ3) is 5.95. The van der Waals surface area contributed by atoms with Crippen LogP contribution in [0.3, 0.4) is 0 Å². The van der Waals surface area contributed by atoms with Crippen molar-refractivity contribution in [3.8, 4) is 11.8 Å². The van der Waals surface area contributed by atoms with Crippen LogP contribution >= 0.6 is 11.6 Å². The molecule has 0 saturated carbocycles. The highest BCUT2D eigenvalue weighted by molar-refractivity contribution is 6.30. The number of ether oxygens (including phenoxy) is 2. The number of hydrogen-bond acceptors (Lipinski definition) is 7. The Hall–Kier alpha value is -4.26. The van der Waals surface area contributed by atoms with Crippen molar-refractivity contribution in [2.75, 3.05) is 12.4 Å². The molecule has 0 radical (unpaired) electrons. The number of benzene rings is 2. The van der Waals surface area contributed by atoms with Crippen LogP contribution in [0.4, 0.5) is 29.3 Å². The van der Waals surface area contributed by atoms with E-state index < -0.39 is 34.3 Å². The first kappa shape index (κ1) is 24.4. The molecule has 2 amide bonds. The predicted octanol–water partition coefficient (Wildman–Crippen LogP) is 5.47. The van der Waals surface area contributed by atoms with E-state index in [-0.39, 0.29) is 28.0 Å². The highest BCUT2D eigenvalue weighted by Gasteiger charge is 2.35. The van der Waals surface area contributed by atoms with Crippen LogP contribution in [0.1, 0.15) is 11.1 Å². The zero-order valence-electron chi connectivity index (χ0n) is 17.0. The first-order valence-electron chi connectivity index (χ1n) is 9.12. The van der Waals surface area contributed by atoms with Crippen molar-refractivity contribution in [1.82, 2.24) is 9.97 Å². The lowest BCUT2D eigenvalue weighted by Gasteiger charge is -2.14. The van der Waals surface area contributed by atoms with Crippen LogP contribution in [-0.4, -0.2) is 33.9 Å². The van der Waals surface area contributed by atoms with Gasteiger partial charge in [0.15, 0.2) is 0 Å². The summed E-state index contributed by atoms with van der Waals surface area (Å²) in [6.45, 7) is 0. The molecule has 1 N–H and O–H groups in total. The van der Waals surface area contributed by atoms with Crippen molar-refractivity contribution in [2.45, 2.75) is 6.18 Å². The number of nitrogens with one attached hydrogen (secondary N) is 1. The number of amides is 2. The van der Waals surface area contributed by atoms with Crippen LogP contribution in [0.5, 0.6) is 11.8 Å². The molecule has 1 aromatic heterocycles. The lowest BCUT2D eigenvalue weighted by atomic mass is 10.1. The van der Waals surface area contributed by atoms with E-state index in [2.05, 4.69) is 20.3 Å².